The van der Waals surface area contributed by atoms with Crippen molar-refractivity contribution < 1.29 is 25.2 Å². The van der Waals surface area contributed by atoms with Crippen LogP contribution in [0, 0.1) is 0 Å². The van der Waals surface area contributed by atoms with Gasteiger partial charge in [-0.15, -0.1) is 0 Å². The zero-order valence-electron chi connectivity index (χ0n) is 12.2. The van der Waals surface area contributed by atoms with E-state index in [1.54, 1.807) is 12.1 Å². The number of benzene rings is 2. The molecule has 2 unspecified atom stereocenters. The smallest absolute Gasteiger partial charge is 0.157 e. The average molecular weight is 302 g/mol. The summed E-state index contributed by atoms with van der Waals surface area (Å²) in [6.07, 6.45) is 0.412. The van der Waals surface area contributed by atoms with Crippen LogP contribution in [0.5, 0.6) is 23.0 Å². The summed E-state index contributed by atoms with van der Waals surface area (Å²) in [5.74, 6) is -0.646. The van der Waals surface area contributed by atoms with E-state index in [1.807, 2.05) is 6.92 Å². The second-order valence-corrected chi connectivity index (χ2v) is 5.66. The molecule has 0 bridgehead atoms. The number of ether oxygens (including phenoxy) is 1. The molecular formula is C17H18O5. The second-order valence-electron chi connectivity index (χ2n) is 5.66. The van der Waals surface area contributed by atoms with Crippen LogP contribution in [0.4, 0.5) is 0 Å². The Labute approximate surface area is 128 Å². The van der Waals surface area contributed by atoms with Crippen molar-refractivity contribution in [1.82, 2.24) is 0 Å². The zero-order chi connectivity index (χ0) is 15.9. The van der Waals surface area contributed by atoms with Gasteiger partial charge in [-0.3, -0.25) is 0 Å². The zero-order valence-corrected chi connectivity index (χ0v) is 12.2. The molecule has 116 valence electrons. The Morgan fingerprint density at radius 3 is 2.32 bits per heavy atom. The molecule has 0 aliphatic carbocycles. The maximum Gasteiger partial charge on any atom is 0.157 e. The van der Waals surface area contributed by atoms with Crippen molar-refractivity contribution in [1.29, 1.82) is 0 Å². The Kier molecular flexibility index (Phi) is 3.58. The van der Waals surface area contributed by atoms with Gasteiger partial charge in [0.1, 0.15) is 0 Å². The van der Waals surface area contributed by atoms with Crippen LogP contribution in [0.25, 0.3) is 0 Å². The molecule has 2 atom stereocenters. The van der Waals surface area contributed by atoms with Crippen LogP contribution in [-0.2, 0) is 11.2 Å². The summed E-state index contributed by atoms with van der Waals surface area (Å²) in [5, 5.41) is 38.5. The van der Waals surface area contributed by atoms with E-state index in [4.69, 9.17) is 4.74 Å². The van der Waals surface area contributed by atoms with Gasteiger partial charge in [0.15, 0.2) is 23.0 Å². The minimum absolute atomic E-state index is 0.0147. The number of fused-ring (bicyclic) bond motifs is 1. The predicted molar refractivity (Wildman–Crippen MR) is 80.4 cm³/mol. The molecule has 1 aliphatic heterocycles. The van der Waals surface area contributed by atoms with E-state index in [2.05, 4.69) is 0 Å². The van der Waals surface area contributed by atoms with E-state index >= 15 is 0 Å². The molecule has 0 amide bonds. The number of hydrogen-bond acceptors (Lipinski definition) is 5. The molecule has 2 aromatic carbocycles. The molecule has 3 rings (SSSR count). The highest BCUT2D eigenvalue weighted by molar-refractivity contribution is 5.48. The quantitative estimate of drug-likeness (QED) is 0.608. The molecule has 4 N–H and O–H groups in total. The Balaban J connectivity index is 1.99. The molecule has 0 fully saturated rings. The first-order valence-corrected chi connectivity index (χ1v) is 7.14. The first-order chi connectivity index (χ1) is 10.5. The van der Waals surface area contributed by atoms with E-state index in [-0.39, 0.29) is 35.0 Å². The predicted octanol–water partition coefficient (Wildman–Crippen LogP) is 2.93. The molecule has 0 aromatic heterocycles. The fourth-order valence-electron chi connectivity index (χ4n) is 2.87. The first kappa shape index (κ1) is 14.5. The maximum atomic E-state index is 9.73. The topological polar surface area (TPSA) is 90.2 Å². The van der Waals surface area contributed by atoms with Gasteiger partial charge in [-0.25, -0.2) is 0 Å². The van der Waals surface area contributed by atoms with Crippen LogP contribution >= 0.6 is 0 Å². The second kappa shape index (κ2) is 5.42. The first-order valence-electron chi connectivity index (χ1n) is 7.14. The van der Waals surface area contributed by atoms with Crippen molar-refractivity contribution in [3.8, 4) is 23.0 Å². The van der Waals surface area contributed by atoms with Gasteiger partial charge >= 0.3 is 0 Å². The van der Waals surface area contributed by atoms with Crippen molar-refractivity contribution in [3.63, 3.8) is 0 Å². The van der Waals surface area contributed by atoms with Gasteiger partial charge in [0.25, 0.3) is 0 Å². The van der Waals surface area contributed by atoms with Crippen molar-refractivity contribution in [2.75, 3.05) is 6.61 Å². The normalized spacial score (nSPS) is 21.1. The molecule has 1 heterocycles. The summed E-state index contributed by atoms with van der Waals surface area (Å²) in [7, 11) is 0. The van der Waals surface area contributed by atoms with Gasteiger partial charge in [0.05, 0.1) is 12.7 Å². The summed E-state index contributed by atoms with van der Waals surface area (Å²) in [6.45, 7) is 2.34. The van der Waals surface area contributed by atoms with Gasteiger partial charge < -0.3 is 25.2 Å². The number of rotatable bonds is 1. The fourth-order valence-corrected chi connectivity index (χ4v) is 2.87. The van der Waals surface area contributed by atoms with Crippen LogP contribution in [0.3, 0.4) is 0 Å². The standard InChI is InChI=1S/C17H18O5/c1-9-13-7-17(21)16(20)6-11(13)4-12(8-22-9)10-2-3-14(18)15(19)5-10/h2-3,5-7,9,12,18-21H,4,8H2,1H3. The molecule has 2 aromatic rings. The highest BCUT2D eigenvalue weighted by Gasteiger charge is 2.25. The molecule has 0 spiro atoms. The molecule has 5 heteroatoms. The lowest BCUT2D eigenvalue weighted by atomic mass is 9.90. The van der Waals surface area contributed by atoms with Crippen molar-refractivity contribution in [3.05, 3.63) is 47.0 Å². The largest absolute Gasteiger partial charge is 0.504 e. The van der Waals surface area contributed by atoms with E-state index < -0.39 is 0 Å². The Bertz CT molecular complexity index is 710. The van der Waals surface area contributed by atoms with E-state index in [0.29, 0.717) is 13.0 Å². The van der Waals surface area contributed by atoms with Crippen LogP contribution in [0.1, 0.15) is 35.6 Å². The Morgan fingerprint density at radius 2 is 1.59 bits per heavy atom. The van der Waals surface area contributed by atoms with E-state index in [0.717, 1.165) is 16.7 Å². The van der Waals surface area contributed by atoms with Gasteiger partial charge in [-0.2, -0.15) is 0 Å². The minimum atomic E-state index is -0.197. The Hall–Kier alpha value is -2.40. The van der Waals surface area contributed by atoms with Gasteiger partial charge in [0, 0.05) is 5.92 Å². The lowest BCUT2D eigenvalue weighted by molar-refractivity contribution is 0.0610. The summed E-state index contributed by atoms with van der Waals surface area (Å²) in [5.41, 5.74) is 2.60. The third kappa shape index (κ3) is 2.55. The lowest BCUT2D eigenvalue weighted by Gasteiger charge is -2.16. The highest BCUT2D eigenvalue weighted by Crippen LogP contribution is 2.39. The SMILES string of the molecule is CC1OCC(c2ccc(O)c(O)c2)Cc2cc(O)c(O)cc21. The van der Waals surface area contributed by atoms with Gasteiger partial charge in [-0.05, 0) is 54.3 Å². The number of phenols is 4. The molecular weight excluding hydrogens is 284 g/mol. The number of phenolic OH excluding ortho intramolecular Hbond substituents is 4. The van der Waals surface area contributed by atoms with Crippen molar-refractivity contribution >= 4 is 0 Å². The van der Waals surface area contributed by atoms with Crippen molar-refractivity contribution in [2.24, 2.45) is 0 Å². The maximum absolute atomic E-state index is 9.73. The third-order valence-corrected chi connectivity index (χ3v) is 4.16. The van der Waals surface area contributed by atoms with Gasteiger partial charge in [-0.1, -0.05) is 6.07 Å². The highest BCUT2D eigenvalue weighted by atomic mass is 16.5. The summed E-state index contributed by atoms with van der Waals surface area (Å²) >= 11 is 0. The summed E-state index contributed by atoms with van der Waals surface area (Å²) < 4.78 is 5.82. The van der Waals surface area contributed by atoms with Gasteiger partial charge in [0.2, 0.25) is 0 Å². The van der Waals surface area contributed by atoms with Crippen molar-refractivity contribution in [2.45, 2.75) is 25.4 Å². The Morgan fingerprint density at radius 1 is 0.909 bits per heavy atom. The van der Waals surface area contributed by atoms with Crippen LogP contribution in [-0.4, -0.2) is 27.0 Å². The van der Waals surface area contributed by atoms with E-state index in [9.17, 15) is 20.4 Å². The van der Waals surface area contributed by atoms with Crippen LogP contribution in [0.15, 0.2) is 30.3 Å². The van der Waals surface area contributed by atoms with Crippen LogP contribution in [0.2, 0.25) is 0 Å². The average Bonchev–Trinajstić information content (AvgIpc) is 2.63. The molecule has 22 heavy (non-hydrogen) atoms. The lowest BCUT2D eigenvalue weighted by Crippen LogP contribution is -2.08. The van der Waals surface area contributed by atoms with E-state index in [1.165, 1.54) is 18.2 Å². The fraction of sp³-hybridized carbons (Fsp3) is 0.294. The molecule has 0 saturated heterocycles. The molecule has 5 nitrogen and oxygen atoms in total. The minimum Gasteiger partial charge on any atom is -0.504 e. The molecule has 1 aliphatic rings. The number of aromatic hydroxyl groups is 4. The monoisotopic (exact) mass is 302 g/mol. The van der Waals surface area contributed by atoms with Crippen LogP contribution < -0.4 is 0 Å². The molecule has 0 saturated carbocycles. The third-order valence-electron chi connectivity index (χ3n) is 4.16. The summed E-state index contributed by atoms with van der Waals surface area (Å²) in [6, 6.07) is 7.82. The number of hydrogen-bond donors (Lipinski definition) is 4. The molecule has 0 radical (unpaired) electrons. The summed E-state index contributed by atoms with van der Waals surface area (Å²) in [4.78, 5) is 0.